The molecule has 0 aromatic rings. The Kier molecular flexibility index (Phi) is 35.0. The summed E-state index contributed by atoms with van der Waals surface area (Å²) in [6.07, 6.45) is 42.1. The van der Waals surface area contributed by atoms with Crippen molar-refractivity contribution in [3.8, 4) is 0 Å². The first kappa shape index (κ1) is 61.8. The molecule has 2 fully saturated rings. The summed E-state index contributed by atoms with van der Waals surface area (Å²) in [4.78, 5) is 32.8. The van der Waals surface area contributed by atoms with Crippen LogP contribution in [-0.4, -0.2) is 136 Å². The molecule has 0 aliphatic carbocycles. The maximum Gasteiger partial charge on any atom is 0.189 e. The standard InChI is InChI=1S/C30H56N2O3.C29H53NO4/c1-5-6-7-8-9-10-11-12-13-14-15-16-17-18-25-34-29-20-19-28(33)30(35-29,27(2)3)26-32-23-21-31(4)22-24-32;1-4-5-6-7-8-9-10-11-12-13-14-15-16-17-20-33-27-23-26(24-30-18-21-32-22-19-30)28(31)29(34-27)25(2)3/h19-20,27,29H,5-18,21-26H2,1-4H3;23,25,27,29H,4-22,24H2,1-3H3. The Labute approximate surface area is 425 Å². The molecule has 4 atom stereocenters. The third-order valence-corrected chi connectivity index (χ3v) is 15.0. The highest BCUT2D eigenvalue weighted by atomic mass is 16.7. The molecule has 4 aliphatic rings. The zero-order valence-electron chi connectivity index (χ0n) is 46.1. The summed E-state index contributed by atoms with van der Waals surface area (Å²) < 4.78 is 29.9. The summed E-state index contributed by atoms with van der Waals surface area (Å²) >= 11 is 0. The van der Waals surface area contributed by atoms with Gasteiger partial charge in [-0.2, -0.15) is 0 Å². The molecule has 0 saturated carbocycles. The Morgan fingerprint density at radius 3 is 1.45 bits per heavy atom. The number of hydrogen-bond donors (Lipinski definition) is 0. The summed E-state index contributed by atoms with van der Waals surface area (Å²) in [6.45, 7) is 22.8. The lowest BCUT2D eigenvalue weighted by Gasteiger charge is -2.44. The van der Waals surface area contributed by atoms with E-state index in [1.807, 2.05) is 19.9 Å². The van der Waals surface area contributed by atoms with Crippen LogP contribution in [0.1, 0.15) is 221 Å². The molecule has 4 rings (SSSR count). The van der Waals surface area contributed by atoms with Crippen LogP contribution in [-0.2, 0) is 33.3 Å². The van der Waals surface area contributed by atoms with Crippen molar-refractivity contribution >= 4 is 11.6 Å². The average Bonchev–Trinajstić information content (AvgIpc) is 3.34. The number of Topliss-reactive ketones (excluding diaryl/α,β-unsaturated/α-hetero) is 1. The predicted octanol–water partition coefficient (Wildman–Crippen LogP) is 13.3. The number of likely N-dealkylation sites (N-methyl/N-ethyl adjacent to an activating group) is 1. The van der Waals surface area contributed by atoms with Crippen LogP contribution in [0, 0.1) is 11.8 Å². The van der Waals surface area contributed by atoms with E-state index in [1.165, 1.54) is 167 Å². The zero-order chi connectivity index (χ0) is 49.8. The van der Waals surface area contributed by atoms with Gasteiger partial charge in [0.05, 0.1) is 26.4 Å². The minimum absolute atomic E-state index is 0.0859. The Hall–Kier alpha value is -1.50. The molecule has 402 valence electrons. The van der Waals surface area contributed by atoms with Gasteiger partial charge >= 0.3 is 0 Å². The molecule has 10 heteroatoms. The first-order valence-corrected chi connectivity index (χ1v) is 29.3. The van der Waals surface area contributed by atoms with Crippen molar-refractivity contribution in [3.05, 3.63) is 23.8 Å². The second kappa shape index (κ2) is 39.0. The fourth-order valence-electron chi connectivity index (χ4n) is 10.1. The van der Waals surface area contributed by atoms with Crippen LogP contribution in [0.3, 0.4) is 0 Å². The minimum atomic E-state index is -0.801. The van der Waals surface area contributed by atoms with Crippen molar-refractivity contribution in [2.45, 2.75) is 246 Å². The van der Waals surface area contributed by atoms with Crippen LogP contribution < -0.4 is 0 Å². The van der Waals surface area contributed by atoms with Gasteiger partial charge in [0.2, 0.25) is 0 Å². The monoisotopic (exact) mass is 972 g/mol. The number of hydrogen-bond acceptors (Lipinski definition) is 10. The molecular weight excluding hydrogens is 863 g/mol. The molecule has 69 heavy (non-hydrogen) atoms. The van der Waals surface area contributed by atoms with Gasteiger partial charge < -0.3 is 28.6 Å². The van der Waals surface area contributed by atoms with E-state index in [-0.39, 0.29) is 23.4 Å². The molecule has 0 amide bonds. The lowest BCUT2D eigenvalue weighted by molar-refractivity contribution is -0.212. The van der Waals surface area contributed by atoms with E-state index < -0.39 is 24.3 Å². The third kappa shape index (κ3) is 26.9. The molecule has 0 spiro atoms. The van der Waals surface area contributed by atoms with Gasteiger partial charge in [-0.25, -0.2) is 0 Å². The van der Waals surface area contributed by atoms with E-state index in [1.54, 1.807) is 12.2 Å². The Balaban J connectivity index is 0.000000365. The molecule has 2 saturated heterocycles. The van der Waals surface area contributed by atoms with Crippen LogP contribution >= 0.6 is 0 Å². The maximum absolute atomic E-state index is 12.9. The highest BCUT2D eigenvalue weighted by molar-refractivity contribution is 6.00. The maximum atomic E-state index is 12.9. The van der Waals surface area contributed by atoms with Gasteiger partial charge in [0.15, 0.2) is 24.1 Å². The third-order valence-electron chi connectivity index (χ3n) is 15.0. The lowest BCUT2D eigenvalue weighted by atomic mass is 9.83. The fourth-order valence-corrected chi connectivity index (χ4v) is 10.1. The number of unbranched alkanes of at least 4 members (excludes halogenated alkanes) is 26. The average molecular weight is 973 g/mol. The number of nitrogens with zero attached hydrogens (tertiary/aromatic N) is 3. The van der Waals surface area contributed by atoms with Gasteiger partial charge in [-0.05, 0) is 50.0 Å². The highest BCUT2D eigenvalue weighted by Gasteiger charge is 2.47. The van der Waals surface area contributed by atoms with Crippen molar-refractivity contribution in [1.82, 2.24) is 14.7 Å². The van der Waals surface area contributed by atoms with Gasteiger partial charge in [0.25, 0.3) is 0 Å². The number of piperazine rings is 1. The van der Waals surface area contributed by atoms with Crippen LogP contribution in [0.5, 0.6) is 0 Å². The van der Waals surface area contributed by atoms with Crippen molar-refractivity contribution < 1.29 is 33.3 Å². The SMILES string of the molecule is CCCCCCCCCCCCCCCCOC1C=C(CN2CCOCC2)C(=O)C(C(C)C)O1.CCCCCCCCCCCCCCCCOC1C=CC(=O)C(CN2CCN(C)CC2)(C(C)C)O1. The number of morpholine rings is 1. The van der Waals surface area contributed by atoms with E-state index in [2.05, 4.69) is 49.4 Å². The zero-order valence-corrected chi connectivity index (χ0v) is 46.1. The van der Waals surface area contributed by atoms with Crippen LogP contribution in [0.4, 0.5) is 0 Å². The summed E-state index contributed by atoms with van der Waals surface area (Å²) in [5.41, 5.74) is 0.0444. The first-order chi connectivity index (χ1) is 33.6. The molecule has 0 bridgehead atoms. The van der Waals surface area contributed by atoms with Crippen molar-refractivity contribution in [1.29, 1.82) is 0 Å². The van der Waals surface area contributed by atoms with Gasteiger partial charge in [-0.3, -0.25) is 19.4 Å². The van der Waals surface area contributed by atoms with E-state index in [9.17, 15) is 9.59 Å². The largest absolute Gasteiger partial charge is 0.379 e. The van der Waals surface area contributed by atoms with Crippen molar-refractivity contribution in [2.75, 3.05) is 85.8 Å². The van der Waals surface area contributed by atoms with Crippen LogP contribution in [0.2, 0.25) is 0 Å². The number of carbonyl (C=O) groups excluding carboxylic acids is 2. The number of ether oxygens (including phenoxy) is 5. The predicted molar refractivity (Wildman–Crippen MR) is 287 cm³/mol. The molecule has 0 aromatic heterocycles. The highest BCUT2D eigenvalue weighted by Crippen LogP contribution is 2.32. The number of carbonyl (C=O) groups is 2. The second-order valence-corrected chi connectivity index (χ2v) is 21.9. The first-order valence-electron chi connectivity index (χ1n) is 29.3. The van der Waals surface area contributed by atoms with Crippen LogP contribution in [0.15, 0.2) is 23.8 Å². The quantitative estimate of drug-likeness (QED) is 0.0557. The van der Waals surface area contributed by atoms with Gasteiger partial charge in [-0.15, -0.1) is 0 Å². The van der Waals surface area contributed by atoms with Gasteiger partial charge in [-0.1, -0.05) is 208 Å². The summed E-state index contributed by atoms with van der Waals surface area (Å²) in [6, 6.07) is 0. The molecule has 4 heterocycles. The van der Waals surface area contributed by atoms with E-state index in [4.69, 9.17) is 23.7 Å². The summed E-state index contributed by atoms with van der Waals surface area (Å²) in [5.74, 6) is 0.459. The topological polar surface area (TPSA) is 90.0 Å². The fraction of sp³-hybridized carbons (Fsp3) is 0.898. The van der Waals surface area contributed by atoms with E-state index >= 15 is 0 Å². The molecule has 0 radical (unpaired) electrons. The van der Waals surface area contributed by atoms with E-state index in [0.29, 0.717) is 26.3 Å². The molecule has 0 N–H and O–H groups in total. The van der Waals surface area contributed by atoms with Crippen molar-refractivity contribution in [3.63, 3.8) is 0 Å². The molecular formula is C59H109N3O7. The Morgan fingerprint density at radius 2 is 1.01 bits per heavy atom. The Morgan fingerprint density at radius 1 is 0.580 bits per heavy atom. The second-order valence-electron chi connectivity index (χ2n) is 21.9. The number of ketones is 2. The molecule has 4 aliphatic heterocycles. The van der Waals surface area contributed by atoms with Crippen molar-refractivity contribution in [2.24, 2.45) is 11.8 Å². The summed E-state index contributed by atoms with van der Waals surface area (Å²) in [5, 5.41) is 0. The number of rotatable bonds is 38. The van der Waals surface area contributed by atoms with Crippen LogP contribution in [0.25, 0.3) is 0 Å². The normalized spacial score (nSPS) is 23.0. The van der Waals surface area contributed by atoms with Gasteiger partial charge in [0.1, 0.15) is 11.7 Å². The lowest BCUT2D eigenvalue weighted by Crippen LogP contribution is -2.59. The molecule has 10 nitrogen and oxygen atoms in total. The van der Waals surface area contributed by atoms with Gasteiger partial charge in [0, 0.05) is 57.9 Å². The minimum Gasteiger partial charge on any atom is -0.379 e. The molecule has 4 unspecified atom stereocenters. The Bertz CT molecular complexity index is 1340. The smallest absolute Gasteiger partial charge is 0.189 e. The summed E-state index contributed by atoms with van der Waals surface area (Å²) in [7, 11) is 2.15. The molecule has 0 aromatic carbocycles. The van der Waals surface area contributed by atoms with E-state index in [0.717, 1.165) is 70.9 Å².